The molecule has 3 N–H and O–H groups in total. The van der Waals surface area contributed by atoms with Gasteiger partial charge in [0.25, 0.3) is 11.8 Å². The zero-order valence-electron chi connectivity index (χ0n) is 38.5. The van der Waals surface area contributed by atoms with Gasteiger partial charge in [-0.2, -0.15) is 12.6 Å². The van der Waals surface area contributed by atoms with Crippen LogP contribution in [0.1, 0.15) is 69.7 Å². The Morgan fingerprint density at radius 2 is 1.13 bits per heavy atom. The van der Waals surface area contributed by atoms with Crippen LogP contribution in [0.2, 0.25) is 0 Å². The number of ether oxygens (including phenoxy) is 4. The number of nitrogens with one attached hydrogen (secondary N) is 3. The van der Waals surface area contributed by atoms with Crippen molar-refractivity contribution < 1.29 is 42.9 Å². The summed E-state index contributed by atoms with van der Waals surface area (Å²) in [5.41, 5.74) is 7.11. The molecule has 9 rings (SSSR count). The molecule has 5 aromatic rings. The number of methoxy groups -OCH3 is 2. The summed E-state index contributed by atoms with van der Waals surface area (Å²) < 4.78 is 23.9. The van der Waals surface area contributed by atoms with Crippen LogP contribution in [-0.2, 0) is 40.4 Å². The number of carbonyl (C=O) groups is 5. The summed E-state index contributed by atoms with van der Waals surface area (Å²) in [6.07, 6.45) is 5.61. The Balaban J connectivity index is 0.936. The van der Waals surface area contributed by atoms with E-state index in [0.717, 1.165) is 22.5 Å². The minimum Gasteiger partial charge on any atom is -0.493 e. The number of carbonyl (C=O) groups excluding carboxylic acids is 5. The number of nitrogens with zero attached hydrogens (tertiary/aromatic N) is 4. The SMILES string of the molecule is COc1cc2c(cc1OCc1cc(COc3cc4c(cc3OC)C(=O)N3c5ccccc5C[C@H]3C=N4)cc(NC(=O)CNC(=O)CNC(=O)CCC(C)(C)S)c1)N=CC1Cc3ccccc3N1C2=O. The van der Waals surface area contributed by atoms with E-state index in [1.54, 1.807) is 58.6 Å². The molecule has 1 unspecified atom stereocenters. The monoisotopic (exact) mass is 949 g/mol. The average Bonchev–Trinajstić information content (AvgIpc) is 3.83. The van der Waals surface area contributed by atoms with E-state index in [0.29, 0.717) is 81.6 Å². The Labute approximate surface area is 404 Å². The molecule has 0 saturated carbocycles. The second-order valence-corrected chi connectivity index (χ2v) is 19.0. The normalized spacial score (nSPS) is 16.2. The molecule has 4 aliphatic rings. The molecule has 5 amide bonds. The number of para-hydroxylation sites is 2. The van der Waals surface area contributed by atoms with Gasteiger partial charge in [0, 0.05) is 65.6 Å². The van der Waals surface area contributed by atoms with Crippen LogP contribution in [0.15, 0.2) is 101 Å². The van der Waals surface area contributed by atoms with Crippen molar-refractivity contribution in [2.45, 2.75) is 69.6 Å². The minimum atomic E-state index is -0.531. The van der Waals surface area contributed by atoms with E-state index in [4.69, 9.17) is 28.9 Å². The molecule has 69 heavy (non-hydrogen) atoms. The van der Waals surface area contributed by atoms with Crippen molar-refractivity contribution in [3.63, 3.8) is 0 Å². The summed E-state index contributed by atoms with van der Waals surface area (Å²) in [4.78, 5) is 79.1. The first-order chi connectivity index (χ1) is 33.2. The van der Waals surface area contributed by atoms with E-state index >= 15 is 0 Å². The van der Waals surface area contributed by atoms with Crippen LogP contribution in [-0.4, -0.2) is 86.1 Å². The summed E-state index contributed by atoms with van der Waals surface area (Å²) in [5.74, 6) is -0.393. The molecule has 0 bridgehead atoms. The first kappa shape index (κ1) is 46.5. The highest BCUT2D eigenvalue weighted by Crippen LogP contribution is 2.43. The van der Waals surface area contributed by atoms with Gasteiger partial charge in [-0.05, 0) is 71.1 Å². The van der Waals surface area contributed by atoms with E-state index < -0.39 is 11.8 Å². The van der Waals surface area contributed by atoms with Gasteiger partial charge in [0.15, 0.2) is 23.0 Å². The van der Waals surface area contributed by atoms with Crippen LogP contribution in [0.5, 0.6) is 23.0 Å². The van der Waals surface area contributed by atoms with Crippen molar-refractivity contribution in [2.24, 2.45) is 9.98 Å². The van der Waals surface area contributed by atoms with Crippen LogP contribution in [0, 0.1) is 0 Å². The van der Waals surface area contributed by atoms with Gasteiger partial charge >= 0.3 is 0 Å². The molecule has 2 atom stereocenters. The molecule has 16 nitrogen and oxygen atoms in total. The quantitative estimate of drug-likeness (QED) is 0.0749. The van der Waals surface area contributed by atoms with Crippen LogP contribution in [0.4, 0.5) is 28.4 Å². The topological polar surface area (TPSA) is 190 Å². The molecule has 4 aliphatic heterocycles. The number of thiol groups is 1. The number of hydrogen-bond acceptors (Lipinski definition) is 12. The molecule has 17 heteroatoms. The molecule has 0 spiro atoms. The molecular weight excluding hydrogens is 899 g/mol. The molecule has 4 heterocycles. The number of hydrogen-bond donors (Lipinski definition) is 4. The van der Waals surface area contributed by atoms with Gasteiger partial charge in [-0.3, -0.25) is 43.8 Å². The van der Waals surface area contributed by atoms with Crippen molar-refractivity contribution in [1.29, 1.82) is 0 Å². The molecular formula is C52H51N7O9S. The van der Waals surface area contributed by atoms with Crippen LogP contribution in [0.3, 0.4) is 0 Å². The summed E-state index contributed by atoms with van der Waals surface area (Å²) in [6.45, 7) is 3.13. The van der Waals surface area contributed by atoms with Crippen molar-refractivity contribution in [2.75, 3.05) is 42.4 Å². The molecule has 0 fully saturated rings. The van der Waals surface area contributed by atoms with Crippen molar-refractivity contribution in [3.05, 3.63) is 124 Å². The molecule has 0 radical (unpaired) electrons. The molecule has 0 aliphatic carbocycles. The van der Waals surface area contributed by atoms with Crippen molar-refractivity contribution in [1.82, 2.24) is 10.6 Å². The Morgan fingerprint density at radius 1 is 0.652 bits per heavy atom. The van der Waals surface area contributed by atoms with E-state index in [1.165, 1.54) is 14.2 Å². The first-order valence-electron chi connectivity index (χ1n) is 22.5. The van der Waals surface area contributed by atoms with Gasteiger partial charge < -0.3 is 34.9 Å². The van der Waals surface area contributed by atoms with Gasteiger partial charge in [0.2, 0.25) is 17.7 Å². The van der Waals surface area contributed by atoms with E-state index in [-0.39, 0.29) is 67.3 Å². The summed E-state index contributed by atoms with van der Waals surface area (Å²) >= 11 is 4.44. The fraction of sp³-hybridized carbons (Fsp3) is 0.288. The third-order valence-electron chi connectivity index (χ3n) is 12.2. The van der Waals surface area contributed by atoms with Crippen molar-refractivity contribution >= 4 is 83.0 Å². The third-order valence-corrected chi connectivity index (χ3v) is 12.5. The number of rotatable bonds is 16. The maximum atomic E-state index is 14.0. The Bertz CT molecular complexity index is 2790. The zero-order valence-corrected chi connectivity index (χ0v) is 39.4. The van der Waals surface area contributed by atoms with Crippen molar-refractivity contribution in [3.8, 4) is 23.0 Å². The van der Waals surface area contributed by atoms with Crippen LogP contribution >= 0.6 is 12.6 Å². The largest absolute Gasteiger partial charge is 0.493 e. The summed E-state index contributed by atoms with van der Waals surface area (Å²) in [6, 6.07) is 27.1. The smallest absolute Gasteiger partial charge is 0.261 e. The standard InChI is InChI=1S/C52H51N7O9S/c1-52(2,69)14-13-47(60)55-26-48(61)56-27-49(62)57-34-16-30(28-67-45-22-39-37(20-43(45)65-3)50(63)58-35(24-53-39)18-32-9-5-7-11-41(32)58)15-31(17-34)29-68-46-23-40-38(21-44(46)66-4)51(64)59-36(25-54-40)19-33-10-6-8-12-42(33)59/h5-12,15-17,20-25,35-36,69H,13-14,18-19,26-29H2,1-4H3,(H,55,60)(H,56,61)(H,57,62)/t35-,36?/m0/s1. The number of benzene rings is 5. The van der Waals surface area contributed by atoms with Gasteiger partial charge in [-0.1, -0.05) is 50.2 Å². The second kappa shape index (κ2) is 19.5. The maximum absolute atomic E-state index is 14.0. The Morgan fingerprint density at radius 3 is 1.62 bits per heavy atom. The lowest BCUT2D eigenvalue weighted by Crippen LogP contribution is -2.40. The highest BCUT2D eigenvalue weighted by Gasteiger charge is 2.38. The Kier molecular flexibility index (Phi) is 13.1. The fourth-order valence-electron chi connectivity index (χ4n) is 8.83. The predicted molar refractivity (Wildman–Crippen MR) is 266 cm³/mol. The minimum absolute atomic E-state index is 0.00767. The number of amides is 5. The van der Waals surface area contributed by atoms with Crippen LogP contribution < -0.4 is 44.7 Å². The van der Waals surface area contributed by atoms with Gasteiger partial charge in [0.05, 0.1) is 61.9 Å². The zero-order chi connectivity index (χ0) is 48.4. The lowest BCUT2D eigenvalue weighted by molar-refractivity contribution is -0.127. The second-order valence-electron chi connectivity index (χ2n) is 17.8. The van der Waals surface area contributed by atoms with Gasteiger partial charge in [-0.15, -0.1) is 0 Å². The summed E-state index contributed by atoms with van der Waals surface area (Å²) in [5, 5.41) is 7.96. The lowest BCUT2D eigenvalue weighted by Gasteiger charge is -2.22. The van der Waals surface area contributed by atoms with E-state index in [1.807, 2.05) is 68.4 Å². The van der Waals surface area contributed by atoms with E-state index in [2.05, 4.69) is 28.6 Å². The molecule has 0 aromatic heterocycles. The van der Waals surface area contributed by atoms with Crippen LogP contribution in [0.25, 0.3) is 0 Å². The maximum Gasteiger partial charge on any atom is 0.261 e. The lowest BCUT2D eigenvalue weighted by atomic mass is 10.1. The Hall–Kier alpha value is -7.66. The fourth-order valence-corrected chi connectivity index (χ4v) is 8.95. The van der Waals surface area contributed by atoms with E-state index in [9.17, 15) is 24.0 Å². The molecule has 354 valence electrons. The third kappa shape index (κ3) is 10.1. The number of fused-ring (bicyclic) bond motifs is 8. The van der Waals surface area contributed by atoms with Gasteiger partial charge in [-0.25, -0.2) is 0 Å². The number of anilines is 3. The first-order valence-corrected chi connectivity index (χ1v) is 23.0. The molecule has 0 saturated heterocycles. The molecule has 5 aromatic carbocycles. The number of aliphatic imine (C=N–C) groups is 2. The average molecular weight is 950 g/mol. The predicted octanol–water partition coefficient (Wildman–Crippen LogP) is 7.10. The highest BCUT2D eigenvalue weighted by atomic mass is 32.1. The summed E-state index contributed by atoms with van der Waals surface area (Å²) in [7, 11) is 2.99. The van der Waals surface area contributed by atoms with Gasteiger partial charge in [0.1, 0.15) is 13.2 Å². The highest BCUT2D eigenvalue weighted by molar-refractivity contribution is 7.81.